The number of carbonyl (C=O) groups is 1. The number of hydrogen-bond acceptors (Lipinski definition) is 8. The van der Waals surface area contributed by atoms with Crippen LogP contribution in [-0.2, 0) is 17.8 Å². The first kappa shape index (κ1) is 26.8. The van der Waals surface area contributed by atoms with Gasteiger partial charge in [-0.15, -0.1) is 16.4 Å². The summed E-state index contributed by atoms with van der Waals surface area (Å²) in [6.07, 6.45) is 2.01. The summed E-state index contributed by atoms with van der Waals surface area (Å²) in [4.78, 5) is 40.9. The molecule has 1 aliphatic rings. The number of nitrogens with one attached hydrogen (secondary N) is 1. The predicted molar refractivity (Wildman–Crippen MR) is 149 cm³/mol. The fraction of sp³-hybridized carbons (Fsp3) is 0.481. The molecular formula is C27H33N7O4S. The molecule has 0 atom stereocenters. The Balaban J connectivity index is 1.51. The second-order valence-electron chi connectivity index (χ2n) is 10.8. The van der Waals surface area contributed by atoms with Crippen molar-refractivity contribution in [3.8, 4) is 10.4 Å². The molecule has 1 aliphatic carbocycles. The van der Waals surface area contributed by atoms with Gasteiger partial charge in [0.05, 0.1) is 12.1 Å². The van der Waals surface area contributed by atoms with Crippen molar-refractivity contribution in [3.05, 3.63) is 63.1 Å². The Morgan fingerprint density at radius 2 is 1.85 bits per heavy atom. The van der Waals surface area contributed by atoms with Crippen LogP contribution in [0.2, 0.25) is 0 Å². The third-order valence-corrected chi connectivity index (χ3v) is 8.06. The Morgan fingerprint density at radius 1 is 1.13 bits per heavy atom. The number of aryl methyl sites for hydroxylation is 1. The average Bonchev–Trinajstić information content (AvgIpc) is 3.54. The van der Waals surface area contributed by atoms with Crippen LogP contribution in [0.5, 0.6) is 0 Å². The van der Waals surface area contributed by atoms with Crippen LogP contribution in [0.4, 0.5) is 4.79 Å². The Labute approximate surface area is 229 Å². The number of rotatable bonds is 6. The number of benzene rings is 1. The van der Waals surface area contributed by atoms with E-state index in [1.165, 1.54) is 15.9 Å². The summed E-state index contributed by atoms with van der Waals surface area (Å²) in [5, 5.41) is 14.8. The highest BCUT2D eigenvalue weighted by Gasteiger charge is 2.29. The lowest BCUT2D eigenvalue weighted by Gasteiger charge is -2.31. The lowest BCUT2D eigenvalue weighted by molar-refractivity contribution is 0.0487. The minimum atomic E-state index is -0.577. The van der Waals surface area contributed by atoms with Crippen molar-refractivity contribution in [2.24, 2.45) is 0 Å². The van der Waals surface area contributed by atoms with Crippen molar-refractivity contribution < 1.29 is 9.53 Å². The van der Waals surface area contributed by atoms with Gasteiger partial charge in [0, 0.05) is 23.5 Å². The summed E-state index contributed by atoms with van der Waals surface area (Å²) in [5.41, 5.74) is 0.328. The van der Waals surface area contributed by atoms with Crippen molar-refractivity contribution in [2.75, 3.05) is 0 Å². The molecular weight excluding hydrogens is 518 g/mol. The number of nitrogens with zero attached hydrogens (tertiary/aromatic N) is 6. The molecule has 1 fully saturated rings. The van der Waals surface area contributed by atoms with Crippen LogP contribution in [0, 0.1) is 0 Å². The van der Waals surface area contributed by atoms with E-state index in [-0.39, 0.29) is 29.9 Å². The highest BCUT2D eigenvalue weighted by molar-refractivity contribution is 7.22. The molecule has 4 aromatic rings. The second kappa shape index (κ2) is 10.8. The molecule has 39 heavy (non-hydrogen) atoms. The van der Waals surface area contributed by atoms with Gasteiger partial charge in [0.25, 0.3) is 5.56 Å². The van der Waals surface area contributed by atoms with Crippen molar-refractivity contribution in [1.82, 2.24) is 34.7 Å². The smallest absolute Gasteiger partial charge is 0.407 e. The van der Waals surface area contributed by atoms with Gasteiger partial charge in [0.2, 0.25) is 0 Å². The number of carbonyl (C=O) groups excluding carboxylic acids is 1. The van der Waals surface area contributed by atoms with Crippen LogP contribution in [-0.4, -0.2) is 47.1 Å². The normalized spacial score (nSPS) is 17.8. The summed E-state index contributed by atoms with van der Waals surface area (Å²) < 4.78 is 10.6. The zero-order valence-electron chi connectivity index (χ0n) is 22.6. The number of amides is 1. The molecule has 3 heterocycles. The minimum Gasteiger partial charge on any atom is -0.444 e. The van der Waals surface area contributed by atoms with Crippen LogP contribution >= 0.6 is 11.3 Å². The molecule has 1 amide bonds. The van der Waals surface area contributed by atoms with E-state index in [1.807, 2.05) is 64.1 Å². The molecule has 0 spiro atoms. The van der Waals surface area contributed by atoms with Crippen LogP contribution in [0.3, 0.4) is 0 Å². The molecule has 12 heteroatoms. The van der Waals surface area contributed by atoms with Crippen molar-refractivity contribution >= 4 is 27.6 Å². The summed E-state index contributed by atoms with van der Waals surface area (Å²) in [6, 6.07) is 11.4. The number of thiophene rings is 1. The third kappa shape index (κ3) is 5.65. The standard InChI is InChI=1S/C27H33N7O4S/c1-5-33-22(29-30-31-33)16-32-20-15-21(17-9-7-6-8-10-17)39-23(20)24(35)34(26(32)37)19-13-11-18(12-14-19)28-25(36)38-27(2,3)4/h6-10,15,18-19H,5,11-14,16H2,1-4H3,(H,28,36). The quantitative estimate of drug-likeness (QED) is 0.384. The van der Waals surface area contributed by atoms with Gasteiger partial charge in [-0.25, -0.2) is 14.3 Å². The van der Waals surface area contributed by atoms with E-state index in [4.69, 9.17) is 4.74 Å². The van der Waals surface area contributed by atoms with Gasteiger partial charge in [-0.1, -0.05) is 30.3 Å². The molecule has 1 N–H and O–H groups in total. The highest BCUT2D eigenvalue weighted by atomic mass is 32.1. The van der Waals surface area contributed by atoms with E-state index in [1.54, 1.807) is 9.25 Å². The molecule has 1 saturated carbocycles. The summed E-state index contributed by atoms with van der Waals surface area (Å²) in [6.45, 7) is 8.11. The van der Waals surface area contributed by atoms with Gasteiger partial charge in [0.1, 0.15) is 10.3 Å². The SMILES string of the molecule is CCn1nnnc1Cn1c(=O)n(C2CCC(NC(=O)OC(C)(C)C)CC2)c(=O)c2sc(-c3ccccc3)cc21. The average molecular weight is 552 g/mol. The minimum absolute atomic E-state index is 0.0710. The molecule has 0 radical (unpaired) electrons. The monoisotopic (exact) mass is 551 g/mol. The van der Waals surface area contributed by atoms with E-state index in [0.717, 1.165) is 10.4 Å². The molecule has 11 nitrogen and oxygen atoms in total. The van der Waals surface area contributed by atoms with Crippen molar-refractivity contribution in [3.63, 3.8) is 0 Å². The first-order chi connectivity index (χ1) is 18.6. The van der Waals surface area contributed by atoms with Gasteiger partial charge in [-0.3, -0.25) is 13.9 Å². The first-order valence-corrected chi connectivity index (χ1v) is 14.0. The predicted octanol–water partition coefficient (Wildman–Crippen LogP) is 3.95. The molecule has 0 saturated heterocycles. The number of hydrogen-bond donors (Lipinski definition) is 1. The summed E-state index contributed by atoms with van der Waals surface area (Å²) in [5.74, 6) is 0.545. The molecule has 0 aliphatic heterocycles. The highest BCUT2D eigenvalue weighted by Crippen LogP contribution is 2.33. The van der Waals surface area contributed by atoms with Crippen molar-refractivity contribution in [2.45, 2.75) is 84.2 Å². The van der Waals surface area contributed by atoms with E-state index >= 15 is 0 Å². The Bertz CT molecular complexity index is 1590. The number of alkyl carbamates (subject to hydrolysis) is 1. The Kier molecular flexibility index (Phi) is 7.39. The Hall–Kier alpha value is -3.80. The van der Waals surface area contributed by atoms with Gasteiger partial charge < -0.3 is 10.1 Å². The molecule has 5 rings (SSSR count). The fourth-order valence-electron chi connectivity index (χ4n) is 5.06. The van der Waals surface area contributed by atoms with Gasteiger partial charge in [-0.05, 0) is 75.4 Å². The fourth-order valence-corrected chi connectivity index (χ4v) is 6.16. The van der Waals surface area contributed by atoms with Crippen LogP contribution in [0.25, 0.3) is 20.7 Å². The third-order valence-electron chi connectivity index (χ3n) is 6.90. The molecule has 0 unspecified atom stereocenters. The number of fused-ring (bicyclic) bond motifs is 1. The van der Waals surface area contributed by atoms with E-state index in [9.17, 15) is 14.4 Å². The number of ether oxygens (including phenoxy) is 1. The largest absolute Gasteiger partial charge is 0.444 e. The van der Waals surface area contributed by atoms with Crippen molar-refractivity contribution in [1.29, 1.82) is 0 Å². The van der Waals surface area contributed by atoms with Gasteiger partial charge in [0.15, 0.2) is 5.82 Å². The summed E-state index contributed by atoms with van der Waals surface area (Å²) >= 11 is 1.39. The van der Waals surface area contributed by atoms with Gasteiger partial charge >= 0.3 is 11.8 Å². The maximum absolute atomic E-state index is 14.0. The number of aromatic nitrogens is 6. The molecule has 0 bridgehead atoms. The Morgan fingerprint density at radius 3 is 2.51 bits per heavy atom. The van der Waals surface area contributed by atoms with E-state index < -0.39 is 11.7 Å². The van der Waals surface area contributed by atoms with E-state index in [0.29, 0.717) is 48.3 Å². The van der Waals surface area contributed by atoms with Crippen LogP contribution in [0.15, 0.2) is 46.0 Å². The zero-order chi connectivity index (χ0) is 27.7. The maximum atomic E-state index is 14.0. The number of tetrazole rings is 1. The van der Waals surface area contributed by atoms with Gasteiger partial charge in [-0.2, -0.15) is 0 Å². The lowest BCUT2D eigenvalue weighted by Crippen LogP contribution is -2.46. The van der Waals surface area contributed by atoms with Crippen LogP contribution in [0.1, 0.15) is 65.2 Å². The molecule has 3 aromatic heterocycles. The molecule has 206 valence electrons. The van der Waals surface area contributed by atoms with E-state index in [2.05, 4.69) is 20.8 Å². The topological polar surface area (TPSA) is 126 Å². The first-order valence-electron chi connectivity index (χ1n) is 13.2. The lowest BCUT2D eigenvalue weighted by atomic mass is 9.91. The summed E-state index contributed by atoms with van der Waals surface area (Å²) in [7, 11) is 0. The molecule has 1 aromatic carbocycles. The maximum Gasteiger partial charge on any atom is 0.407 e. The zero-order valence-corrected chi connectivity index (χ0v) is 23.4. The van der Waals surface area contributed by atoms with Crippen LogP contribution < -0.4 is 16.6 Å². The second-order valence-corrected chi connectivity index (χ2v) is 11.8.